The number of hydrogen-bond donors (Lipinski definition) is 0. The van der Waals surface area contributed by atoms with Gasteiger partial charge in [-0.15, -0.1) is 0 Å². The van der Waals surface area contributed by atoms with Crippen LogP contribution in [0.3, 0.4) is 0 Å². The van der Waals surface area contributed by atoms with E-state index in [1.807, 2.05) is 0 Å². The van der Waals surface area contributed by atoms with Crippen molar-refractivity contribution in [2.75, 3.05) is 13.2 Å². The van der Waals surface area contributed by atoms with Crippen molar-refractivity contribution < 1.29 is 19.1 Å². The van der Waals surface area contributed by atoms with Crippen LogP contribution >= 0.6 is 0 Å². The molecule has 4 heteroatoms. The molecule has 0 aromatic carbocycles. The third kappa shape index (κ3) is 22.8. The zero-order valence-electron chi connectivity index (χ0n) is 19.2. The van der Waals surface area contributed by atoms with Gasteiger partial charge in [-0.25, -0.2) is 0 Å². The highest BCUT2D eigenvalue weighted by Crippen LogP contribution is 2.10. The second kappa shape index (κ2) is 23.0. The summed E-state index contributed by atoms with van der Waals surface area (Å²) in [6.07, 6.45) is 22.5. The molecular formula is C25H46O4. The third-order valence-corrected chi connectivity index (χ3v) is 4.97. The van der Waals surface area contributed by atoms with Crippen molar-refractivity contribution in [3.8, 4) is 0 Å². The van der Waals surface area contributed by atoms with Crippen LogP contribution in [0.4, 0.5) is 0 Å². The lowest BCUT2D eigenvalue weighted by Gasteiger charge is -2.06. The molecule has 0 fully saturated rings. The maximum absolute atomic E-state index is 11.7. The lowest BCUT2D eigenvalue weighted by atomic mass is 10.1. The van der Waals surface area contributed by atoms with E-state index in [4.69, 9.17) is 9.47 Å². The number of rotatable bonds is 21. The van der Waals surface area contributed by atoms with Gasteiger partial charge >= 0.3 is 11.9 Å². The number of esters is 2. The van der Waals surface area contributed by atoms with Gasteiger partial charge in [-0.2, -0.15) is 0 Å². The van der Waals surface area contributed by atoms with E-state index in [-0.39, 0.29) is 24.8 Å². The first kappa shape index (κ1) is 27.7. The van der Waals surface area contributed by atoms with Crippen molar-refractivity contribution in [1.29, 1.82) is 0 Å². The normalized spacial score (nSPS) is 11.1. The van der Waals surface area contributed by atoms with E-state index in [9.17, 15) is 9.59 Å². The van der Waals surface area contributed by atoms with Crippen LogP contribution in [0.1, 0.15) is 123 Å². The monoisotopic (exact) mass is 410 g/mol. The first-order chi connectivity index (χ1) is 14.2. The first-order valence-electron chi connectivity index (χ1n) is 12.2. The molecule has 0 aliphatic heterocycles. The van der Waals surface area contributed by atoms with Crippen molar-refractivity contribution >= 4 is 11.9 Å². The van der Waals surface area contributed by atoms with Crippen molar-refractivity contribution in [2.45, 2.75) is 123 Å². The first-order valence-corrected chi connectivity index (χ1v) is 12.2. The molecule has 0 spiro atoms. The van der Waals surface area contributed by atoms with Crippen LogP contribution in [0.2, 0.25) is 0 Å². The zero-order valence-corrected chi connectivity index (χ0v) is 19.2. The van der Waals surface area contributed by atoms with Gasteiger partial charge in [0.1, 0.15) is 0 Å². The number of unbranched alkanes of at least 4 members (excludes halogenated alkanes) is 12. The predicted octanol–water partition coefficient (Wildman–Crippen LogP) is 7.30. The molecule has 0 rings (SSSR count). The summed E-state index contributed by atoms with van der Waals surface area (Å²) in [6.45, 7) is 5.28. The molecule has 0 saturated carbocycles. The summed E-state index contributed by atoms with van der Waals surface area (Å²) in [5.41, 5.74) is 0. The highest BCUT2D eigenvalue weighted by molar-refractivity contribution is 5.77. The SMILES string of the molecule is CC/C=C/CCCCCCCCCCOC(=O)CCC(=O)OCCCCCCC. The number of carbonyl (C=O) groups is 2. The lowest BCUT2D eigenvalue weighted by Crippen LogP contribution is -2.11. The number of hydrogen-bond acceptors (Lipinski definition) is 4. The van der Waals surface area contributed by atoms with Gasteiger partial charge in [-0.05, 0) is 32.1 Å². The smallest absolute Gasteiger partial charge is 0.306 e. The van der Waals surface area contributed by atoms with Crippen molar-refractivity contribution in [1.82, 2.24) is 0 Å². The van der Waals surface area contributed by atoms with E-state index in [0.29, 0.717) is 13.2 Å². The molecule has 4 nitrogen and oxygen atoms in total. The molecule has 0 aliphatic rings. The molecule has 0 radical (unpaired) electrons. The Labute approximate surface area is 179 Å². The Hall–Kier alpha value is -1.32. The van der Waals surface area contributed by atoms with Gasteiger partial charge in [0.25, 0.3) is 0 Å². The maximum atomic E-state index is 11.7. The Morgan fingerprint density at radius 2 is 1.03 bits per heavy atom. The van der Waals surface area contributed by atoms with Crippen LogP contribution in [0.5, 0.6) is 0 Å². The van der Waals surface area contributed by atoms with Gasteiger partial charge in [-0.3, -0.25) is 9.59 Å². The summed E-state index contributed by atoms with van der Waals surface area (Å²) in [5.74, 6) is -0.583. The fraction of sp³-hybridized carbons (Fsp3) is 0.840. The van der Waals surface area contributed by atoms with Gasteiger partial charge in [0.15, 0.2) is 0 Å². The molecule has 0 heterocycles. The molecule has 0 amide bonds. The number of carbonyl (C=O) groups excluding carboxylic acids is 2. The molecule has 0 aromatic heterocycles. The Kier molecular flexibility index (Phi) is 21.9. The van der Waals surface area contributed by atoms with Gasteiger partial charge < -0.3 is 9.47 Å². The molecule has 0 N–H and O–H groups in total. The summed E-state index contributed by atoms with van der Waals surface area (Å²) < 4.78 is 10.3. The summed E-state index contributed by atoms with van der Waals surface area (Å²) in [4.78, 5) is 23.3. The Bertz CT molecular complexity index is 404. The third-order valence-electron chi connectivity index (χ3n) is 4.97. The fourth-order valence-electron chi connectivity index (χ4n) is 3.14. The summed E-state index contributed by atoms with van der Waals surface area (Å²) >= 11 is 0. The summed E-state index contributed by atoms with van der Waals surface area (Å²) in [7, 11) is 0. The molecule has 29 heavy (non-hydrogen) atoms. The second-order valence-corrected chi connectivity index (χ2v) is 7.85. The van der Waals surface area contributed by atoms with E-state index in [1.165, 1.54) is 64.2 Å². The Morgan fingerprint density at radius 3 is 1.52 bits per heavy atom. The molecule has 0 unspecified atom stereocenters. The van der Waals surface area contributed by atoms with Crippen LogP contribution in [0, 0.1) is 0 Å². The van der Waals surface area contributed by atoms with Crippen molar-refractivity contribution in [3.05, 3.63) is 12.2 Å². The average molecular weight is 411 g/mol. The molecule has 0 saturated heterocycles. The molecule has 0 aromatic rings. The Balaban J connectivity index is 3.31. The average Bonchev–Trinajstić information content (AvgIpc) is 2.72. The molecule has 170 valence electrons. The van der Waals surface area contributed by atoms with E-state index >= 15 is 0 Å². The van der Waals surface area contributed by atoms with Crippen molar-refractivity contribution in [2.24, 2.45) is 0 Å². The minimum absolute atomic E-state index is 0.127. The quantitative estimate of drug-likeness (QED) is 0.113. The second-order valence-electron chi connectivity index (χ2n) is 7.85. The van der Waals surface area contributed by atoms with Crippen LogP contribution in [0.25, 0.3) is 0 Å². The van der Waals surface area contributed by atoms with Crippen molar-refractivity contribution in [3.63, 3.8) is 0 Å². The lowest BCUT2D eigenvalue weighted by molar-refractivity contribution is -0.150. The highest BCUT2D eigenvalue weighted by Gasteiger charge is 2.09. The molecule has 0 atom stereocenters. The van der Waals surface area contributed by atoms with Gasteiger partial charge in [0.05, 0.1) is 26.1 Å². The van der Waals surface area contributed by atoms with Crippen LogP contribution in [-0.4, -0.2) is 25.2 Å². The highest BCUT2D eigenvalue weighted by atomic mass is 16.5. The minimum Gasteiger partial charge on any atom is -0.466 e. The van der Waals surface area contributed by atoms with E-state index in [2.05, 4.69) is 26.0 Å². The summed E-state index contributed by atoms with van der Waals surface area (Å²) in [6, 6.07) is 0. The number of allylic oxidation sites excluding steroid dienone is 2. The van der Waals surface area contributed by atoms with Gasteiger partial charge in [0.2, 0.25) is 0 Å². The largest absolute Gasteiger partial charge is 0.466 e. The fourth-order valence-corrected chi connectivity index (χ4v) is 3.14. The maximum Gasteiger partial charge on any atom is 0.306 e. The predicted molar refractivity (Wildman–Crippen MR) is 121 cm³/mol. The molecule has 0 bridgehead atoms. The van der Waals surface area contributed by atoms with Crippen LogP contribution in [-0.2, 0) is 19.1 Å². The molecule has 0 aliphatic carbocycles. The topological polar surface area (TPSA) is 52.6 Å². The van der Waals surface area contributed by atoms with Crippen LogP contribution < -0.4 is 0 Å². The van der Waals surface area contributed by atoms with E-state index in [1.54, 1.807) is 0 Å². The zero-order chi connectivity index (χ0) is 21.4. The molecular weight excluding hydrogens is 364 g/mol. The summed E-state index contributed by atoms with van der Waals surface area (Å²) in [5, 5.41) is 0. The van der Waals surface area contributed by atoms with E-state index < -0.39 is 0 Å². The van der Waals surface area contributed by atoms with Gasteiger partial charge in [0, 0.05) is 0 Å². The standard InChI is InChI=1S/C25H46O4/c1-3-5-7-9-10-11-12-13-14-15-17-19-23-29-25(27)21-20-24(26)28-22-18-16-8-6-4-2/h5,7H,3-4,6,8-23H2,1-2H3/b7-5+. The Morgan fingerprint density at radius 1 is 0.586 bits per heavy atom. The van der Waals surface area contributed by atoms with E-state index in [0.717, 1.165) is 32.1 Å². The number of ether oxygens (including phenoxy) is 2. The minimum atomic E-state index is -0.293. The van der Waals surface area contributed by atoms with Crippen LogP contribution in [0.15, 0.2) is 12.2 Å². The van der Waals surface area contributed by atoms with Gasteiger partial charge in [-0.1, -0.05) is 90.2 Å².